The van der Waals surface area contributed by atoms with Gasteiger partial charge in [-0.2, -0.15) is 0 Å². The Morgan fingerprint density at radius 3 is 2.52 bits per heavy atom. The Morgan fingerprint density at radius 1 is 1.22 bits per heavy atom. The third-order valence-electron chi connectivity index (χ3n) is 3.79. The van der Waals surface area contributed by atoms with Gasteiger partial charge in [-0.15, -0.1) is 0 Å². The largest absolute Gasteiger partial charge is 0.491 e. The van der Waals surface area contributed by atoms with Crippen molar-refractivity contribution < 1.29 is 23.8 Å². The second kappa shape index (κ2) is 7.26. The van der Waals surface area contributed by atoms with E-state index in [-0.39, 0.29) is 11.7 Å². The van der Waals surface area contributed by atoms with E-state index < -0.39 is 17.7 Å². The average molecular weight is 370 g/mol. The number of rotatable bonds is 5. The van der Waals surface area contributed by atoms with Crippen molar-refractivity contribution in [3.05, 3.63) is 53.6 Å². The van der Waals surface area contributed by atoms with Crippen LogP contribution in [0.4, 0.5) is 0 Å². The smallest absolute Gasteiger partial charge is 0.348 e. The van der Waals surface area contributed by atoms with Crippen molar-refractivity contribution in [2.24, 2.45) is 0 Å². The fraction of sp³-hybridized carbons (Fsp3) is 0.350. The first kappa shape index (κ1) is 18.7. The standard InChI is InChI=1S/C20H22N2O5/c1-13(2)25-17-6-5-14(9-15(17)11-22-8-7-21-12-22)10-16-18(23)26-20(3,4)27-19(16)24/h5-10,12-13H,11H2,1-4H3. The molecule has 7 nitrogen and oxygen atoms in total. The molecule has 0 amide bonds. The van der Waals surface area contributed by atoms with Crippen molar-refractivity contribution in [1.29, 1.82) is 0 Å². The van der Waals surface area contributed by atoms with Crippen LogP contribution in [0.3, 0.4) is 0 Å². The van der Waals surface area contributed by atoms with Gasteiger partial charge in [-0.25, -0.2) is 14.6 Å². The molecule has 0 spiro atoms. The monoisotopic (exact) mass is 370 g/mol. The molecule has 0 atom stereocenters. The highest BCUT2D eigenvalue weighted by atomic mass is 16.7. The number of carbonyl (C=O) groups excluding carboxylic acids is 2. The van der Waals surface area contributed by atoms with Gasteiger partial charge in [0, 0.05) is 31.8 Å². The van der Waals surface area contributed by atoms with Crippen LogP contribution in [0.5, 0.6) is 5.75 Å². The van der Waals surface area contributed by atoms with Crippen LogP contribution in [0.2, 0.25) is 0 Å². The van der Waals surface area contributed by atoms with Crippen molar-refractivity contribution in [2.75, 3.05) is 0 Å². The number of aromatic nitrogens is 2. The molecule has 0 unspecified atom stereocenters. The van der Waals surface area contributed by atoms with Crippen molar-refractivity contribution in [3.63, 3.8) is 0 Å². The fourth-order valence-corrected chi connectivity index (χ4v) is 2.70. The summed E-state index contributed by atoms with van der Waals surface area (Å²) < 4.78 is 18.0. The summed E-state index contributed by atoms with van der Waals surface area (Å²) in [4.78, 5) is 28.3. The molecule has 0 radical (unpaired) electrons. The van der Waals surface area contributed by atoms with Crippen LogP contribution in [0, 0.1) is 0 Å². The average Bonchev–Trinajstić information content (AvgIpc) is 3.05. The van der Waals surface area contributed by atoms with Gasteiger partial charge in [-0.3, -0.25) is 0 Å². The first-order valence-electron chi connectivity index (χ1n) is 8.67. The molecule has 0 N–H and O–H groups in total. The zero-order valence-electron chi connectivity index (χ0n) is 15.8. The number of ether oxygens (including phenoxy) is 3. The number of benzene rings is 1. The van der Waals surface area contributed by atoms with Gasteiger partial charge in [-0.05, 0) is 37.6 Å². The Kier molecular flexibility index (Phi) is 5.03. The molecule has 1 saturated heterocycles. The maximum Gasteiger partial charge on any atom is 0.348 e. The second-order valence-corrected chi connectivity index (χ2v) is 7.01. The molecule has 1 aliphatic heterocycles. The molecular weight excluding hydrogens is 348 g/mol. The minimum Gasteiger partial charge on any atom is -0.491 e. The Hall–Kier alpha value is -3.09. The van der Waals surface area contributed by atoms with Crippen molar-refractivity contribution in [3.8, 4) is 5.75 Å². The molecule has 2 heterocycles. The van der Waals surface area contributed by atoms with E-state index in [1.165, 1.54) is 19.9 Å². The highest BCUT2D eigenvalue weighted by Gasteiger charge is 2.38. The summed E-state index contributed by atoms with van der Waals surface area (Å²) in [7, 11) is 0. The third-order valence-corrected chi connectivity index (χ3v) is 3.79. The van der Waals surface area contributed by atoms with Crippen LogP contribution in [-0.4, -0.2) is 33.4 Å². The number of imidazole rings is 1. The molecule has 142 valence electrons. The molecule has 1 fully saturated rings. The second-order valence-electron chi connectivity index (χ2n) is 7.01. The van der Waals surface area contributed by atoms with Crippen LogP contribution in [0.1, 0.15) is 38.8 Å². The number of hydrogen-bond donors (Lipinski definition) is 0. The lowest BCUT2D eigenvalue weighted by Gasteiger charge is -2.29. The van der Waals surface area contributed by atoms with Gasteiger partial charge in [0.1, 0.15) is 11.3 Å². The topological polar surface area (TPSA) is 79.7 Å². The molecule has 0 aliphatic carbocycles. The summed E-state index contributed by atoms with van der Waals surface area (Å²) in [5.41, 5.74) is 1.43. The summed E-state index contributed by atoms with van der Waals surface area (Å²) >= 11 is 0. The van der Waals surface area contributed by atoms with E-state index in [1.807, 2.05) is 36.7 Å². The Labute approximate surface area is 157 Å². The van der Waals surface area contributed by atoms with E-state index in [2.05, 4.69) is 4.98 Å². The maximum absolute atomic E-state index is 12.1. The molecule has 27 heavy (non-hydrogen) atoms. The van der Waals surface area contributed by atoms with Crippen molar-refractivity contribution >= 4 is 18.0 Å². The molecule has 1 aromatic heterocycles. The molecule has 1 aromatic carbocycles. The van der Waals surface area contributed by atoms with E-state index >= 15 is 0 Å². The number of cyclic esters (lactones) is 2. The quantitative estimate of drug-likeness (QED) is 0.457. The van der Waals surface area contributed by atoms with Crippen molar-refractivity contribution in [2.45, 2.75) is 46.1 Å². The van der Waals surface area contributed by atoms with Crippen molar-refractivity contribution in [1.82, 2.24) is 9.55 Å². The molecule has 1 aliphatic rings. The Morgan fingerprint density at radius 2 is 1.93 bits per heavy atom. The van der Waals surface area contributed by atoms with Crippen LogP contribution in [0.15, 0.2) is 42.5 Å². The molecule has 3 rings (SSSR count). The van der Waals surface area contributed by atoms with Crippen LogP contribution >= 0.6 is 0 Å². The SMILES string of the molecule is CC(C)Oc1ccc(C=C2C(=O)OC(C)(C)OC2=O)cc1Cn1ccnc1. The predicted octanol–water partition coefficient (Wildman–Crippen LogP) is 2.94. The van der Waals surface area contributed by atoms with E-state index in [4.69, 9.17) is 14.2 Å². The van der Waals surface area contributed by atoms with E-state index in [0.717, 1.165) is 11.3 Å². The maximum atomic E-state index is 12.1. The first-order chi connectivity index (χ1) is 12.7. The summed E-state index contributed by atoms with van der Waals surface area (Å²) in [6, 6.07) is 5.47. The summed E-state index contributed by atoms with van der Waals surface area (Å²) in [5, 5.41) is 0. The van der Waals surface area contributed by atoms with E-state index in [0.29, 0.717) is 12.1 Å². The molecular formula is C20H22N2O5. The lowest BCUT2D eigenvalue weighted by atomic mass is 10.1. The summed E-state index contributed by atoms with van der Waals surface area (Å²) in [6.45, 7) is 7.47. The Bertz CT molecular complexity index is 860. The molecule has 2 aromatic rings. The number of hydrogen-bond acceptors (Lipinski definition) is 6. The van der Waals surface area contributed by atoms with Gasteiger partial charge in [0.05, 0.1) is 19.0 Å². The Balaban J connectivity index is 1.94. The minimum atomic E-state index is -1.26. The van der Waals surface area contributed by atoms with Gasteiger partial charge in [-0.1, -0.05) is 6.07 Å². The van der Waals surface area contributed by atoms with Gasteiger partial charge in [0.2, 0.25) is 0 Å². The predicted molar refractivity (Wildman–Crippen MR) is 97.8 cm³/mol. The van der Waals surface area contributed by atoms with E-state index in [9.17, 15) is 9.59 Å². The minimum absolute atomic E-state index is 0.0151. The zero-order chi connectivity index (χ0) is 19.6. The third kappa shape index (κ3) is 4.55. The number of carbonyl (C=O) groups is 2. The highest BCUT2D eigenvalue weighted by Crippen LogP contribution is 2.27. The lowest BCUT2D eigenvalue weighted by Crippen LogP contribution is -2.41. The van der Waals surface area contributed by atoms with Gasteiger partial charge >= 0.3 is 11.9 Å². The van der Waals surface area contributed by atoms with Crippen LogP contribution in [0.25, 0.3) is 6.08 Å². The van der Waals surface area contributed by atoms with Gasteiger partial charge in [0.15, 0.2) is 0 Å². The highest BCUT2D eigenvalue weighted by molar-refractivity contribution is 6.18. The van der Waals surface area contributed by atoms with Gasteiger partial charge in [0.25, 0.3) is 5.79 Å². The zero-order valence-corrected chi connectivity index (χ0v) is 15.8. The molecule has 0 saturated carbocycles. The number of nitrogens with zero attached hydrogens (tertiary/aromatic N) is 2. The fourth-order valence-electron chi connectivity index (χ4n) is 2.70. The molecule has 0 bridgehead atoms. The van der Waals surface area contributed by atoms with Gasteiger partial charge < -0.3 is 18.8 Å². The first-order valence-corrected chi connectivity index (χ1v) is 8.67. The normalized spacial score (nSPS) is 16.1. The van der Waals surface area contributed by atoms with E-state index in [1.54, 1.807) is 18.6 Å². The number of esters is 2. The summed E-state index contributed by atoms with van der Waals surface area (Å²) in [6.07, 6.45) is 6.74. The van der Waals surface area contributed by atoms with Crippen LogP contribution < -0.4 is 4.74 Å². The summed E-state index contributed by atoms with van der Waals surface area (Å²) in [5.74, 6) is -1.92. The molecule has 7 heteroatoms. The van der Waals surface area contributed by atoms with Crippen LogP contribution in [-0.2, 0) is 25.6 Å². The lowest BCUT2D eigenvalue weighted by molar-refractivity contribution is -0.222.